The summed E-state index contributed by atoms with van der Waals surface area (Å²) in [6.45, 7) is 2.23. The fourth-order valence-corrected chi connectivity index (χ4v) is 4.03. The number of H-pyrrole nitrogens is 1. The minimum Gasteiger partial charge on any atom is -0.355 e. The predicted octanol–water partition coefficient (Wildman–Crippen LogP) is 5.28. The first kappa shape index (κ1) is 15.5. The van der Waals surface area contributed by atoms with Crippen LogP contribution in [0.3, 0.4) is 0 Å². The van der Waals surface area contributed by atoms with E-state index in [2.05, 4.69) is 17.2 Å². The Balaban J connectivity index is 1.63. The van der Waals surface area contributed by atoms with E-state index in [4.69, 9.17) is 11.6 Å². The van der Waals surface area contributed by atoms with Crippen molar-refractivity contribution in [1.29, 1.82) is 0 Å². The number of halogens is 1. The Morgan fingerprint density at radius 2 is 1.92 bits per heavy atom. The number of fused-ring (bicyclic) bond motifs is 3. The van der Waals surface area contributed by atoms with E-state index in [-0.39, 0.29) is 5.91 Å². The van der Waals surface area contributed by atoms with Gasteiger partial charge < -0.3 is 10.3 Å². The molecule has 1 heterocycles. The van der Waals surface area contributed by atoms with Crippen molar-refractivity contribution in [3.05, 3.63) is 47.0 Å². The zero-order chi connectivity index (χ0) is 16.7. The molecule has 24 heavy (non-hydrogen) atoms. The van der Waals surface area contributed by atoms with Gasteiger partial charge in [-0.3, -0.25) is 4.79 Å². The summed E-state index contributed by atoms with van der Waals surface area (Å²) in [5, 5.41) is 6.00. The summed E-state index contributed by atoms with van der Waals surface area (Å²) in [5.74, 6) is 0.781. The van der Waals surface area contributed by atoms with Gasteiger partial charge in [-0.1, -0.05) is 24.9 Å². The van der Waals surface area contributed by atoms with Gasteiger partial charge >= 0.3 is 0 Å². The summed E-state index contributed by atoms with van der Waals surface area (Å²) in [6, 6.07) is 11.9. The quantitative estimate of drug-likeness (QED) is 0.669. The van der Waals surface area contributed by atoms with Crippen molar-refractivity contribution in [1.82, 2.24) is 10.3 Å². The Kier molecular flexibility index (Phi) is 3.97. The van der Waals surface area contributed by atoms with Gasteiger partial charge in [0.2, 0.25) is 0 Å². The van der Waals surface area contributed by atoms with Gasteiger partial charge in [-0.15, -0.1) is 0 Å². The number of nitrogens with one attached hydrogen (secondary N) is 2. The molecule has 0 bridgehead atoms. The zero-order valence-electron chi connectivity index (χ0n) is 13.7. The second-order valence-corrected chi connectivity index (χ2v) is 7.27. The van der Waals surface area contributed by atoms with Crippen LogP contribution in [0.4, 0.5) is 0 Å². The van der Waals surface area contributed by atoms with Crippen LogP contribution in [0.1, 0.15) is 43.0 Å². The second kappa shape index (κ2) is 6.14. The van der Waals surface area contributed by atoms with Crippen molar-refractivity contribution >= 4 is 39.3 Å². The molecule has 1 saturated carbocycles. The van der Waals surface area contributed by atoms with E-state index in [9.17, 15) is 4.79 Å². The van der Waals surface area contributed by atoms with Crippen molar-refractivity contribution in [3.8, 4) is 0 Å². The van der Waals surface area contributed by atoms with Crippen LogP contribution in [-0.2, 0) is 0 Å². The zero-order valence-corrected chi connectivity index (χ0v) is 14.5. The molecule has 4 rings (SSSR count). The molecule has 2 atom stereocenters. The first-order valence-electron chi connectivity index (χ1n) is 8.66. The van der Waals surface area contributed by atoms with Crippen molar-refractivity contribution in [2.75, 3.05) is 0 Å². The van der Waals surface area contributed by atoms with Crippen LogP contribution in [0, 0.1) is 5.92 Å². The van der Waals surface area contributed by atoms with Gasteiger partial charge in [-0.05, 0) is 61.6 Å². The minimum absolute atomic E-state index is 0.0232. The molecule has 0 saturated heterocycles. The van der Waals surface area contributed by atoms with Gasteiger partial charge in [-0.25, -0.2) is 0 Å². The lowest BCUT2D eigenvalue weighted by atomic mass is 10.1. The van der Waals surface area contributed by atoms with E-state index >= 15 is 0 Å². The van der Waals surface area contributed by atoms with Gasteiger partial charge in [0.25, 0.3) is 5.91 Å². The van der Waals surface area contributed by atoms with Crippen LogP contribution in [0.5, 0.6) is 0 Å². The number of carbonyl (C=O) groups is 1. The highest BCUT2D eigenvalue weighted by Gasteiger charge is 2.25. The van der Waals surface area contributed by atoms with Crippen molar-refractivity contribution < 1.29 is 4.79 Å². The molecule has 0 aliphatic heterocycles. The number of hydrogen-bond acceptors (Lipinski definition) is 1. The SMILES string of the molecule is CCC1CCC(NC(=O)c2ccc3[nH]c4ccc(Cl)cc4c3c2)C1. The molecular formula is C20H21ClN2O. The maximum atomic E-state index is 12.6. The van der Waals surface area contributed by atoms with Gasteiger partial charge in [0.05, 0.1) is 0 Å². The fraction of sp³-hybridized carbons (Fsp3) is 0.350. The molecular weight excluding hydrogens is 320 g/mol. The topological polar surface area (TPSA) is 44.9 Å². The van der Waals surface area contributed by atoms with Crippen molar-refractivity contribution in [2.24, 2.45) is 5.92 Å². The van der Waals surface area contributed by atoms with E-state index in [0.29, 0.717) is 16.6 Å². The molecule has 124 valence electrons. The van der Waals surface area contributed by atoms with E-state index in [1.165, 1.54) is 12.8 Å². The Labute approximate surface area is 146 Å². The third-order valence-corrected chi connectivity index (χ3v) is 5.51. The van der Waals surface area contributed by atoms with Gasteiger partial charge in [0, 0.05) is 38.4 Å². The highest BCUT2D eigenvalue weighted by atomic mass is 35.5. The highest BCUT2D eigenvalue weighted by molar-refractivity contribution is 6.31. The molecule has 3 aromatic rings. The average molecular weight is 341 g/mol. The molecule has 1 aliphatic rings. The van der Waals surface area contributed by atoms with E-state index in [1.807, 2.05) is 36.4 Å². The van der Waals surface area contributed by atoms with Gasteiger partial charge in [0.15, 0.2) is 0 Å². The summed E-state index contributed by atoms with van der Waals surface area (Å²) >= 11 is 6.13. The normalized spacial score (nSPS) is 20.8. The second-order valence-electron chi connectivity index (χ2n) is 6.83. The molecule has 1 amide bonds. The number of amides is 1. The summed E-state index contributed by atoms with van der Waals surface area (Å²) in [4.78, 5) is 16.0. The van der Waals surface area contributed by atoms with Crippen LogP contribution < -0.4 is 5.32 Å². The van der Waals surface area contributed by atoms with E-state index in [0.717, 1.165) is 40.6 Å². The monoisotopic (exact) mass is 340 g/mol. The lowest BCUT2D eigenvalue weighted by Gasteiger charge is -2.13. The van der Waals surface area contributed by atoms with Crippen LogP contribution in [0.25, 0.3) is 21.8 Å². The number of rotatable bonds is 3. The van der Waals surface area contributed by atoms with Gasteiger partial charge in [-0.2, -0.15) is 0 Å². The van der Waals surface area contributed by atoms with Crippen LogP contribution >= 0.6 is 11.6 Å². The number of aromatic amines is 1. The third kappa shape index (κ3) is 2.78. The highest BCUT2D eigenvalue weighted by Crippen LogP contribution is 2.30. The molecule has 0 radical (unpaired) electrons. The average Bonchev–Trinajstić information content (AvgIpc) is 3.18. The Morgan fingerprint density at radius 1 is 1.17 bits per heavy atom. The predicted molar refractivity (Wildman–Crippen MR) is 99.7 cm³/mol. The number of aromatic nitrogens is 1. The fourth-order valence-electron chi connectivity index (χ4n) is 3.86. The Hall–Kier alpha value is -2.00. The summed E-state index contributed by atoms with van der Waals surface area (Å²) in [5.41, 5.74) is 2.77. The summed E-state index contributed by atoms with van der Waals surface area (Å²) in [6.07, 6.45) is 4.62. The molecule has 4 heteroatoms. The van der Waals surface area contributed by atoms with Crippen molar-refractivity contribution in [2.45, 2.75) is 38.6 Å². The summed E-state index contributed by atoms with van der Waals surface area (Å²) in [7, 11) is 0. The largest absolute Gasteiger partial charge is 0.355 e. The van der Waals surface area contributed by atoms with E-state index < -0.39 is 0 Å². The molecule has 2 aromatic carbocycles. The van der Waals surface area contributed by atoms with Gasteiger partial charge in [0.1, 0.15) is 0 Å². The standard InChI is InChI=1S/C20H21ClN2O/c1-2-12-3-6-15(9-12)22-20(24)13-4-7-18-16(10-13)17-11-14(21)5-8-19(17)23-18/h4-5,7-8,10-12,15,23H,2-3,6,9H2,1H3,(H,22,24). The minimum atomic E-state index is 0.0232. The molecule has 1 aromatic heterocycles. The molecule has 1 aliphatic carbocycles. The van der Waals surface area contributed by atoms with Crippen LogP contribution in [0.2, 0.25) is 5.02 Å². The van der Waals surface area contributed by atoms with Crippen LogP contribution in [-0.4, -0.2) is 16.9 Å². The number of hydrogen-bond donors (Lipinski definition) is 2. The lowest BCUT2D eigenvalue weighted by Crippen LogP contribution is -2.32. The Bertz CT molecular complexity index is 915. The smallest absolute Gasteiger partial charge is 0.251 e. The van der Waals surface area contributed by atoms with E-state index in [1.54, 1.807) is 0 Å². The molecule has 1 fully saturated rings. The molecule has 0 spiro atoms. The molecule has 2 unspecified atom stereocenters. The third-order valence-electron chi connectivity index (χ3n) is 5.28. The van der Waals surface area contributed by atoms with Crippen molar-refractivity contribution in [3.63, 3.8) is 0 Å². The first-order chi connectivity index (χ1) is 11.6. The Morgan fingerprint density at radius 3 is 2.67 bits per heavy atom. The maximum absolute atomic E-state index is 12.6. The molecule has 3 nitrogen and oxygen atoms in total. The lowest BCUT2D eigenvalue weighted by molar-refractivity contribution is 0.0937. The molecule has 2 N–H and O–H groups in total. The first-order valence-corrected chi connectivity index (χ1v) is 9.03. The van der Waals surface area contributed by atoms with Crippen LogP contribution in [0.15, 0.2) is 36.4 Å². The summed E-state index contributed by atoms with van der Waals surface area (Å²) < 4.78 is 0. The number of carbonyl (C=O) groups excluding carboxylic acids is 1. The number of benzene rings is 2. The maximum Gasteiger partial charge on any atom is 0.251 e.